The molecule has 0 bridgehead atoms. The molecule has 1 saturated heterocycles. The lowest BCUT2D eigenvalue weighted by molar-refractivity contribution is -0.132. The molecule has 20 heavy (non-hydrogen) atoms. The summed E-state index contributed by atoms with van der Waals surface area (Å²) in [4.78, 5) is 14.6. The summed E-state index contributed by atoms with van der Waals surface area (Å²) >= 11 is 1.66. The Morgan fingerprint density at radius 1 is 1.50 bits per heavy atom. The second kappa shape index (κ2) is 6.70. The molecule has 0 radical (unpaired) electrons. The molecule has 4 nitrogen and oxygen atoms in total. The van der Waals surface area contributed by atoms with E-state index in [2.05, 4.69) is 36.0 Å². The lowest BCUT2D eigenvalue weighted by Crippen LogP contribution is -2.38. The van der Waals surface area contributed by atoms with Gasteiger partial charge in [-0.25, -0.2) is 0 Å². The van der Waals surface area contributed by atoms with Crippen molar-refractivity contribution in [2.24, 2.45) is 5.92 Å². The molecule has 0 spiro atoms. The number of hydrogen-bond donors (Lipinski definition) is 1. The number of amides is 1. The monoisotopic (exact) mass is 296 g/mol. The summed E-state index contributed by atoms with van der Waals surface area (Å²) in [5.74, 6) is 0.533. The summed E-state index contributed by atoms with van der Waals surface area (Å²) in [6.07, 6.45) is 1.01. The first-order valence-electron chi connectivity index (χ1n) is 7.19. The maximum Gasteiger partial charge on any atom is 0.241 e. The molecular weight excluding hydrogens is 272 g/mol. The van der Waals surface area contributed by atoms with Crippen LogP contribution in [0.5, 0.6) is 0 Å². The van der Waals surface area contributed by atoms with Gasteiger partial charge in [0.2, 0.25) is 5.91 Å². The Balaban J connectivity index is 2.21. The van der Waals surface area contributed by atoms with Crippen LogP contribution in [0.2, 0.25) is 0 Å². The first-order chi connectivity index (χ1) is 9.58. The average Bonchev–Trinajstić information content (AvgIpc) is 3.07. The average molecular weight is 296 g/mol. The molecule has 2 heterocycles. The minimum Gasteiger partial charge on any atom is -0.380 e. The molecule has 1 amide bonds. The quantitative estimate of drug-likeness (QED) is 0.877. The molecule has 1 aliphatic rings. The highest BCUT2D eigenvalue weighted by atomic mass is 32.1. The summed E-state index contributed by atoms with van der Waals surface area (Å²) in [6.45, 7) is 6.87. The van der Waals surface area contributed by atoms with Crippen LogP contribution in [0.1, 0.15) is 38.9 Å². The van der Waals surface area contributed by atoms with Crippen LogP contribution in [0.15, 0.2) is 16.8 Å². The van der Waals surface area contributed by atoms with E-state index in [-0.39, 0.29) is 24.2 Å². The zero-order valence-electron chi connectivity index (χ0n) is 12.6. The van der Waals surface area contributed by atoms with Gasteiger partial charge in [0.05, 0.1) is 12.1 Å². The Hall–Kier alpha value is -0.910. The third kappa shape index (κ3) is 3.05. The van der Waals surface area contributed by atoms with E-state index in [9.17, 15) is 4.79 Å². The fourth-order valence-electron chi connectivity index (χ4n) is 2.53. The smallest absolute Gasteiger partial charge is 0.241 e. The molecule has 1 fully saturated rings. The van der Waals surface area contributed by atoms with E-state index in [0.29, 0.717) is 12.5 Å². The van der Waals surface area contributed by atoms with Gasteiger partial charge in [-0.3, -0.25) is 10.1 Å². The van der Waals surface area contributed by atoms with E-state index in [1.807, 2.05) is 11.8 Å². The molecule has 0 aromatic carbocycles. The van der Waals surface area contributed by atoms with Crippen LogP contribution in [-0.4, -0.2) is 36.6 Å². The molecule has 1 N–H and O–H groups in total. The van der Waals surface area contributed by atoms with Crippen molar-refractivity contribution in [1.82, 2.24) is 10.2 Å². The molecule has 4 atom stereocenters. The molecule has 0 aliphatic carbocycles. The molecule has 112 valence electrons. The Morgan fingerprint density at radius 2 is 2.25 bits per heavy atom. The lowest BCUT2D eigenvalue weighted by Gasteiger charge is -2.26. The second-order valence-electron chi connectivity index (χ2n) is 5.53. The van der Waals surface area contributed by atoms with Crippen molar-refractivity contribution in [3.63, 3.8) is 0 Å². The van der Waals surface area contributed by atoms with Crippen LogP contribution in [0.25, 0.3) is 0 Å². The van der Waals surface area contributed by atoms with Crippen LogP contribution in [0.4, 0.5) is 0 Å². The fourth-order valence-corrected chi connectivity index (χ4v) is 3.21. The highest BCUT2D eigenvalue weighted by Crippen LogP contribution is 2.30. The highest BCUT2D eigenvalue weighted by molar-refractivity contribution is 7.07. The predicted molar refractivity (Wildman–Crippen MR) is 81.6 cm³/mol. The maximum absolute atomic E-state index is 12.7. The van der Waals surface area contributed by atoms with Gasteiger partial charge in [0, 0.05) is 13.7 Å². The van der Waals surface area contributed by atoms with E-state index in [0.717, 1.165) is 12.0 Å². The van der Waals surface area contributed by atoms with Gasteiger partial charge in [0.1, 0.15) is 6.17 Å². The molecule has 5 heteroatoms. The highest BCUT2D eigenvalue weighted by Gasteiger charge is 2.42. The Bertz CT molecular complexity index is 435. The first-order valence-corrected chi connectivity index (χ1v) is 8.14. The van der Waals surface area contributed by atoms with Crippen molar-refractivity contribution in [3.8, 4) is 0 Å². The summed E-state index contributed by atoms with van der Waals surface area (Å²) in [6, 6.07) is 1.99. The zero-order chi connectivity index (χ0) is 14.7. The number of ether oxygens (including phenoxy) is 1. The molecule has 1 aromatic heterocycles. The van der Waals surface area contributed by atoms with Crippen LogP contribution >= 0.6 is 11.3 Å². The summed E-state index contributed by atoms with van der Waals surface area (Å²) in [5.41, 5.74) is 1.16. The van der Waals surface area contributed by atoms with Crippen molar-refractivity contribution >= 4 is 17.2 Å². The second-order valence-corrected chi connectivity index (χ2v) is 6.31. The maximum atomic E-state index is 12.7. The minimum absolute atomic E-state index is 0.0228. The van der Waals surface area contributed by atoms with Gasteiger partial charge in [-0.15, -0.1) is 0 Å². The number of nitrogens with one attached hydrogen (secondary N) is 1. The fraction of sp³-hybridized carbons (Fsp3) is 0.667. The number of carbonyl (C=O) groups excluding carboxylic acids is 1. The molecule has 4 unspecified atom stereocenters. The van der Waals surface area contributed by atoms with Crippen molar-refractivity contribution in [1.29, 1.82) is 0 Å². The molecule has 1 aromatic rings. The number of nitrogens with zero attached hydrogens (tertiary/aromatic N) is 1. The van der Waals surface area contributed by atoms with Crippen LogP contribution in [0.3, 0.4) is 0 Å². The molecule has 1 aliphatic heterocycles. The van der Waals surface area contributed by atoms with Crippen molar-refractivity contribution in [2.45, 2.75) is 45.5 Å². The summed E-state index contributed by atoms with van der Waals surface area (Å²) in [5, 5.41) is 7.66. The topological polar surface area (TPSA) is 41.6 Å². The number of thiophene rings is 1. The van der Waals surface area contributed by atoms with Gasteiger partial charge in [-0.2, -0.15) is 11.3 Å². The van der Waals surface area contributed by atoms with Gasteiger partial charge >= 0.3 is 0 Å². The van der Waals surface area contributed by atoms with Gasteiger partial charge in [-0.1, -0.05) is 20.3 Å². The van der Waals surface area contributed by atoms with Gasteiger partial charge in [-0.05, 0) is 35.2 Å². The van der Waals surface area contributed by atoms with Gasteiger partial charge in [0.25, 0.3) is 0 Å². The first kappa shape index (κ1) is 15.5. The van der Waals surface area contributed by atoms with Crippen molar-refractivity contribution in [3.05, 3.63) is 22.4 Å². The molecular formula is C15H24N2O2S. The van der Waals surface area contributed by atoms with E-state index in [1.54, 1.807) is 18.4 Å². The SMILES string of the molecule is CCC(C)C1NC(c2ccsc2)N(CC(C)OC)C1=O. The van der Waals surface area contributed by atoms with Gasteiger partial charge < -0.3 is 9.64 Å². The number of hydrogen-bond acceptors (Lipinski definition) is 4. The number of methoxy groups -OCH3 is 1. The van der Waals surface area contributed by atoms with Crippen LogP contribution in [-0.2, 0) is 9.53 Å². The standard InChI is InChI=1S/C15H24N2O2S/c1-5-10(2)13-15(18)17(8-11(3)19-4)14(16-13)12-6-7-20-9-12/h6-7,9-11,13-14,16H,5,8H2,1-4H3. The van der Waals surface area contributed by atoms with Gasteiger partial charge in [0.15, 0.2) is 0 Å². The number of rotatable bonds is 6. The molecule has 0 saturated carbocycles. The number of carbonyl (C=O) groups is 1. The Kier molecular flexibility index (Phi) is 5.18. The summed E-state index contributed by atoms with van der Waals surface area (Å²) < 4.78 is 5.33. The Morgan fingerprint density at radius 3 is 2.80 bits per heavy atom. The summed E-state index contributed by atoms with van der Waals surface area (Å²) in [7, 11) is 1.68. The minimum atomic E-state index is -0.0889. The Labute approximate surface area is 125 Å². The third-order valence-electron chi connectivity index (χ3n) is 4.13. The van der Waals surface area contributed by atoms with E-state index < -0.39 is 0 Å². The molecule has 2 rings (SSSR count). The van der Waals surface area contributed by atoms with E-state index >= 15 is 0 Å². The third-order valence-corrected chi connectivity index (χ3v) is 4.83. The zero-order valence-corrected chi connectivity index (χ0v) is 13.4. The normalized spacial score (nSPS) is 26.0. The van der Waals surface area contributed by atoms with E-state index in [1.165, 1.54) is 0 Å². The predicted octanol–water partition coefficient (Wildman–Crippen LogP) is 2.63. The van der Waals surface area contributed by atoms with E-state index in [4.69, 9.17) is 4.74 Å². The largest absolute Gasteiger partial charge is 0.380 e. The van der Waals surface area contributed by atoms with Crippen molar-refractivity contribution in [2.75, 3.05) is 13.7 Å². The van der Waals surface area contributed by atoms with Crippen LogP contribution in [0, 0.1) is 5.92 Å². The lowest BCUT2D eigenvalue weighted by atomic mass is 9.99. The van der Waals surface area contributed by atoms with Crippen molar-refractivity contribution < 1.29 is 9.53 Å². The van der Waals surface area contributed by atoms with Crippen LogP contribution < -0.4 is 5.32 Å².